The summed E-state index contributed by atoms with van der Waals surface area (Å²) in [4.78, 5) is 26.7. The second-order valence-electron chi connectivity index (χ2n) is 3.61. The normalized spacial score (nSPS) is 11.9. The minimum atomic E-state index is -1.45. The third-order valence-electron chi connectivity index (χ3n) is 2.24. The van der Waals surface area contributed by atoms with Crippen LogP contribution in [0.1, 0.15) is 17.0 Å². The quantitative estimate of drug-likeness (QED) is 0.587. The summed E-state index contributed by atoms with van der Waals surface area (Å²) in [5, 5.41) is 22.5. The number of nitrogens with one attached hydrogen (secondary N) is 2. The number of hydrogen-bond donors (Lipinski definition) is 4. The molecule has 1 atom stereocenters. The number of aliphatic carboxylic acids is 1. The topological polar surface area (TPSA) is 112 Å². The Labute approximate surface area is 108 Å². The maximum absolute atomic E-state index is 11.3. The lowest BCUT2D eigenvalue weighted by Gasteiger charge is -2.08. The maximum atomic E-state index is 11.3. The molecule has 1 heterocycles. The monoisotopic (exact) mass is 273 g/mol. The predicted octanol–water partition coefficient (Wildman–Crippen LogP) is 0.0863. The molecular formula is C10H15N3O4S. The lowest BCUT2D eigenvalue weighted by Crippen LogP contribution is -2.37. The van der Waals surface area contributed by atoms with Gasteiger partial charge in [0, 0.05) is 17.8 Å². The van der Waals surface area contributed by atoms with E-state index in [1.807, 2.05) is 6.92 Å². The number of carbonyl (C=O) groups is 2. The van der Waals surface area contributed by atoms with E-state index in [9.17, 15) is 9.59 Å². The van der Waals surface area contributed by atoms with Gasteiger partial charge in [0.1, 0.15) is 0 Å². The van der Waals surface area contributed by atoms with Crippen LogP contribution in [-0.2, 0) is 11.3 Å². The van der Waals surface area contributed by atoms with Gasteiger partial charge in [0.25, 0.3) is 0 Å². The summed E-state index contributed by atoms with van der Waals surface area (Å²) in [6, 6.07) is -0.402. The van der Waals surface area contributed by atoms with Gasteiger partial charge in [0.2, 0.25) is 0 Å². The molecule has 0 spiro atoms. The molecule has 1 aromatic rings. The molecule has 7 nitrogen and oxygen atoms in total. The first-order chi connectivity index (χ1) is 8.50. The zero-order valence-electron chi connectivity index (χ0n) is 9.84. The van der Waals surface area contributed by atoms with Gasteiger partial charge in [-0.2, -0.15) is 0 Å². The van der Waals surface area contributed by atoms with Crippen molar-refractivity contribution in [3.8, 4) is 0 Å². The number of amides is 2. The third kappa shape index (κ3) is 4.68. The van der Waals surface area contributed by atoms with Crippen molar-refractivity contribution in [2.24, 2.45) is 0 Å². The number of aryl methyl sites for hydroxylation is 1. The number of aromatic nitrogens is 1. The SMILES string of the molecule is Cc1ncsc1CNC(=O)NCC[C@H](O)C(=O)O. The fourth-order valence-corrected chi connectivity index (χ4v) is 1.88. The fourth-order valence-electron chi connectivity index (χ4n) is 1.16. The van der Waals surface area contributed by atoms with E-state index in [0.717, 1.165) is 10.6 Å². The Morgan fingerprint density at radius 2 is 2.22 bits per heavy atom. The molecule has 0 bridgehead atoms. The largest absolute Gasteiger partial charge is 0.479 e. The van der Waals surface area contributed by atoms with Crippen LogP contribution >= 0.6 is 11.3 Å². The van der Waals surface area contributed by atoms with Gasteiger partial charge in [-0.05, 0) is 6.92 Å². The molecule has 0 aliphatic carbocycles. The number of thiazole rings is 1. The Balaban J connectivity index is 2.19. The van der Waals surface area contributed by atoms with Gasteiger partial charge in [-0.25, -0.2) is 14.6 Å². The van der Waals surface area contributed by atoms with Crippen molar-refractivity contribution in [2.45, 2.75) is 26.0 Å². The summed E-state index contributed by atoms with van der Waals surface area (Å²) in [5.74, 6) is -1.29. The number of rotatable bonds is 6. The highest BCUT2D eigenvalue weighted by Gasteiger charge is 2.12. The molecule has 0 unspecified atom stereocenters. The van der Waals surface area contributed by atoms with Crippen molar-refractivity contribution in [1.29, 1.82) is 0 Å². The number of carboxylic acids is 1. The van der Waals surface area contributed by atoms with Gasteiger partial charge >= 0.3 is 12.0 Å². The molecule has 1 aromatic heterocycles. The molecule has 0 radical (unpaired) electrons. The van der Waals surface area contributed by atoms with Crippen LogP contribution in [0.2, 0.25) is 0 Å². The molecule has 0 saturated heterocycles. The molecule has 0 fully saturated rings. The van der Waals surface area contributed by atoms with E-state index in [-0.39, 0.29) is 13.0 Å². The van der Waals surface area contributed by atoms with Gasteiger partial charge < -0.3 is 20.8 Å². The maximum Gasteiger partial charge on any atom is 0.332 e. The van der Waals surface area contributed by atoms with Crippen LogP contribution in [0.15, 0.2) is 5.51 Å². The minimum absolute atomic E-state index is 0.0255. The van der Waals surface area contributed by atoms with Crippen molar-refractivity contribution >= 4 is 23.3 Å². The van der Waals surface area contributed by atoms with E-state index in [4.69, 9.17) is 10.2 Å². The van der Waals surface area contributed by atoms with Gasteiger partial charge in [0.15, 0.2) is 6.10 Å². The molecular weight excluding hydrogens is 258 g/mol. The average molecular weight is 273 g/mol. The van der Waals surface area contributed by atoms with Crippen molar-refractivity contribution < 1.29 is 19.8 Å². The Morgan fingerprint density at radius 1 is 1.50 bits per heavy atom. The molecule has 8 heteroatoms. The number of aliphatic hydroxyl groups is 1. The summed E-state index contributed by atoms with van der Waals surface area (Å²) >= 11 is 1.45. The van der Waals surface area contributed by atoms with Crippen LogP contribution in [0.4, 0.5) is 4.79 Å². The molecule has 2 amide bonds. The predicted molar refractivity (Wildman–Crippen MR) is 65.3 cm³/mol. The van der Waals surface area contributed by atoms with Gasteiger partial charge in [0.05, 0.1) is 17.7 Å². The molecule has 0 aliphatic rings. The molecule has 0 aliphatic heterocycles. The summed E-state index contributed by atoms with van der Waals surface area (Å²) in [5.41, 5.74) is 2.58. The summed E-state index contributed by atoms with van der Waals surface area (Å²) in [7, 11) is 0. The minimum Gasteiger partial charge on any atom is -0.479 e. The summed E-state index contributed by atoms with van der Waals surface area (Å²) < 4.78 is 0. The second-order valence-corrected chi connectivity index (χ2v) is 4.55. The third-order valence-corrected chi connectivity index (χ3v) is 3.18. The van der Waals surface area contributed by atoms with Crippen molar-refractivity contribution in [2.75, 3.05) is 6.54 Å². The molecule has 4 N–H and O–H groups in total. The first-order valence-corrected chi connectivity index (χ1v) is 6.20. The number of carbonyl (C=O) groups excluding carboxylic acids is 1. The Kier molecular flexibility index (Phi) is 5.53. The molecule has 1 rings (SSSR count). The number of nitrogens with zero attached hydrogens (tertiary/aromatic N) is 1. The molecule has 100 valence electrons. The van der Waals surface area contributed by atoms with E-state index in [2.05, 4.69) is 15.6 Å². The van der Waals surface area contributed by atoms with Crippen molar-refractivity contribution in [3.63, 3.8) is 0 Å². The van der Waals surface area contributed by atoms with Crippen LogP contribution in [-0.4, -0.2) is 39.8 Å². The lowest BCUT2D eigenvalue weighted by molar-refractivity contribution is -0.146. The Bertz CT molecular complexity index is 421. The molecule has 0 saturated carbocycles. The zero-order valence-corrected chi connectivity index (χ0v) is 10.7. The highest BCUT2D eigenvalue weighted by atomic mass is 32.1. The smallest absolute Gasteiger partial charge is 0.332 e. The van der Waals surface area contributed by atoms with E-state index in [0.29, 0.717) is 6.54 Å². The van der Waals surface area contributed by atoms with Crippen molar-refractivity contribution in [1.82, 2.24) is 15.6 Å². The highest BCUT2D eigenvalue weighted by Crippen LogP contribution is 2.10. The van der Waals surface area contributed by atoms with E-state index in [1.165, 1.54) is 11.3 Å². The van der Waals surface area contributed by atoms with Crippen LogP contribution in [0.25, 0.3) is 0 Å². The standard InChI is InChI=1S/C10H15N3O4S/c1-6-8(18-5-13-6)4-12-10(17)11-3-2-7(14)9(15)16/h5,7,14H,2-4H2,1H3,(H,15,16)(H2,11,12,17)/t7-/m0/s1. The molecule has 18 heavy (non-hydrogen) atoms. The van der Waals surface area contributed by atoms with Gasteiger partial charge in [-0.15, -0.1) is 11.3 Å². The number of hydrogen-bond acceptors (Lipinski definition) is 5. The first-order valence-electron chi connectivity index (χ1n) is 5.32. The van der Waals surface area contributed by atoms with Crippen LogP contribution in [0.3, 0.4) is 0 Å². The number of urea groups is 1. The fraction of sp³-hybridized carbons (Fsp3) is 0.500. The summed E-state index contributed by atoms with van der Waals surface area (Å²) in [6.45, 7) is 2.33. The van der Waals surface area contributed by atoms with Gasteiger partial charge in [-0.3, -0.25) is 0 Å². The Morgan fingerprint density at radius 3 is 2.78 bits per heavy atom. The van der Waals surface area contributed by atoms with E-state index < -0.39 is 18.1 Å². The first kappa shape index (κ1) is 14.4. The van der Waals surface area contributed by atoms with Gasteiger partial charge in [-0.1, -0.05) is 0 Å². The van der Waals surface area contributed by atoms with E-state index >= 15 is 0 Å². The van der Waals surface area contributed by atoms with Crippen LogP contribution in [0, 0.1) is 6.92 Å². The van der Waals surface area contributed by atoms with Crippen LogP contribution < -0.4 is 10.6 Å². The number of carboxylic acid groups (broad SMARTS) is 1. The van der Waals surface area contributed by atoms with E-state index in [1.54, 1.807) is 5.51 Å². The molecule has 0 aromatic carbocycles. The lowest BCUT2D eigenvalue weighted by atomic mass is 10.2. The zero-order chi connectivity index (χ0) is 13.5. The second kappa shape index (κ2) is 6.92. The number of aliphatic hydroxyl groups excluding tert-OH is 1. The summed E-state index contributed by atoms with van der Waals surface area (Å²) in [6.07, 6.45) is -1.48. The average Bonchev–Trinajstić information content (AvgIpc) is 2.72. The van der Waals surface area contributed by atoms with Crippen LogP contribution in [0.5, 0.6) is 0 Å². The Hall–Kier alpha value is -1.67. The highest BCUT2D eigenvalue weighted by molar-refractivity contribution is 7.09. The van der Waals surface area contributed by atoms with Crippen molar-refractivity contribution in [3.05, 3.63) is 16.1 Å².